The van der Waals surface area contributed by atoms with Gasteiger partial charge in [0.25, 0.3) is 11.8 Å². The molecule has 0 saturated carbocycles. The van der Waals surface area contributed by atoms with Crippen molar-refractivity contribution in [2.24, 2.45) is 0 Å². The maximum Gasteiger partial charge on any atom is 0.333 e. The van der Waals surface area contributed by atoms with Crippen molar-refractivity contribution in [2.45, 2.75) is 38.4 Å². The highest BCUT2D eigenvalue weighted by atomic mass is 19.1. The Morgan fingerprint density at radius 1 is 1.12 bits per heavy atom. The molecule has 43 heavy (non-hydrogen) atoms. The number of carboxylic acid groups (broad SMARTS) is 2. The number of aliphatic hydroxyl groups is 2. The Labute approximate surface area is 246 Å². The maximum atomic E-state index is 13.8. The highest BCUT2D eigenvalue weighted by Crippen LogP contribution is 2.35. The highest BCUT2D eigenvalue weighted by molar-refractivity contribution is 6.34. The number of halogens is 1. The molecule has 1 unspecified atom stereocenters. The van der Waals surface area contributed by atoms with Gasteiger partial charge in [-0.2, -0.15) is 0 Å². The Hall–Kier alpha value is -4.11. The van der Waals surface area contributed by atoms with Gasteiger partial charge in [0.2, 0.25) is 0 Å². The zero-order chi connectivity index (χ0) is 31.3. The van der Waals surface area contributed by atoms with Gasteiger partial charge in [0.05, 0.1) is 36.9 Å². The van der Waals surface area contributed by atoms with E-state index in [9.17, 15) is 28.7 Å². The molecule has 6 N–H and O–H groups in total. The molecule has 3 aliphatic heterocycles. The van der Waals surface area contributed by atoms with E-state index >= 15 is 0 Å². The molecule has 1 saturated heterocycles. The molecule has 14 heteroatoms. The molecule has 0 radical (unpaired) electrons. The normalized spacial score (nSPS) is 19.1. The number of aryl methyl sites for hydroxylation is 1. The fourth-order valence-corrected chi connectivity index (χ4v) is 5.28. The van der Waals surface area contributed by atoms with Gasteiger partial charge in [0.15, 0.2) is 6.10 Å². The Bertz CT molecular complexity index is 1420. The Kier molecular flexibility index (Phi) is 10.3. The van der Waals surface area contributed by atoms with Crippen molar-refractivity contribution in [3.63, 3.8) is 0 Å². The first kappa shape index (κ1) is 31.8. The molecule has 1 aromatic carbocycles. The van der Waals surface area contributed by atoms with Crippen LogP contribution >= 0.6 is 0 Å². The number of carbonyl (C=O) groups is 4. The van der Waals surface area contributed by atoms with E-state index in [1.807, 2.05) is 6.92 Å². The number of aliphatic carboxylic acids is 2. The van der Waals surface area contributed by atoms with Gasteiger partial charge in [-0.3, -0.25) is 19.3 Å². The topological polar surface area (TPSA) is 193 Å². The second-order valence-electron chi connectivity index (χ2n) is 10.6. The van der Waals surface area contributed by atoms with Crippen LogP contribution in [0.5, 0.6) is 0 Å². The summed E-state index contributed by atoms with van der Waals surface area (Å²) >= 11 is 0. The molecule has 0 aliphatic carbocycles. The fourth-order valence-electron chi connectivity index (χ4n) is 5.28. The van der Waals surface area contributed by atoms with Crippen LogP contribution in [0.4, 0.5) is 10.1 Å². The van der Waals surface area contributed by atoms with Crippen molar-refractivity contribution in [3.05, 3.63) is 52.1 Å². The zero-order valence-corrected chi connectivity index (χ0v) is 23.6. The lowest BCUT2D eigenvalue weighted by atomic mass is 10.0. The summed E-state index contributed by atoms with van der Waals surface area (Å²) in [5.74, 6) is -3.68. The number of aliphatic hydroxyl groups excluding tert-OH is 2. The van der Waals surface area contributed by atoms with E-state index in [-0.39, 0.29) is 18.4 Å². The van der Waals surface area contributed by atoms with Gasteiger partial charge in [0.1, 0.15) is 5.82 Å². The largest absolute Gasteiger partial charge is 0.481 e. The van der Waals surface area contributed by atoms with Gasteiger partial charge in [-0.05, 0) is 49.6 Å². The van der Waals surface area contributed by atoms with Gasteiger partial charge >= 0.3 is 11.9 Å². The number of carboxylic acids is 2. The first-order valence-corrected chi connectivity index (χ1v) is 13.9. The van der Waals surface area contributed by atoms with Gasteiger partial charge in [-0.25, -0.2) is 9.18 Å². The lowest BCUT2D eigenvalue weighted by molar-refractivity contribution is -0.152. The lowest BCUT2D eigenvalue weighted by Crippen LogP contribution is -2.46. The number of ether oxygens (including phenoxy) is 1. The standard InChI is InChI=1S/C25H29FN4O4.C4H6O5/c1-15-22(12-19-18-11-16(26)4-5-20(18)28-24(19)32)27-21-3-2-6-30(25(33)23(15)21)14-17(31)13-29-7-9-34-10-8-29;5-2(4(8)9)1-3(6)7/h4-5,11-12,17,27,31H,2-3,6-10,13-14H2,1H3,(H,28,32);2,5H,1H2,(H,6,7)(H,8,9)/t17-;/m1./s1. The summed E-state index contributed by atoms with van der Waals surface area (Å²) in [6, 6.07) is 4.19. The van der Waals surface area contributed by atoms with Crippen molar-refractivity contribution >= 4 is 41.1 Å². The summed E-state index contributed by atoms with van der Waals surface area (Å²) in [5, 5.41) is 37.5. The summed E-state index contributed by atoms with van der Waals surface area (Å²) in [6.07, 6.45) is -0.0304. The van der Waals surface area contributed by atoms with E-state index in [1.165, 1.54) is 12.1 Å². The van der Waals surface area contributed by atoms with Gasteiger partial charge in [0, 0.05) is 55.4 Å². The zero-order valence-electron chi connectivity index (χ0n) is 23.6. The molecule has 13 nitrogen and oxygen atoms in total. The lowest BCUT2D eigenvalue weighted by Gasteiger charge is -2.31. The minimum absolute atomic E-state index is 0.116. The molecule has 0 spiro atoms. The molecule has 5 rings (SSSR count). The number of morpholine rings is 1. The van der Waals surface area contributed by atoms with Crippen LogP contribution in [0.25, 0.3) is 11.6 Å². The number of benzene rings is 1. The Balaban J connectivity index is 0.000000410. The van der Waals surface area contributed by atoms with Crippen LogP contribution in [-0.4, -0.2) is 117 Å². The van der Waals surface area contributed by atoms with Crippen molar-refractivity contribution < 1.29 is 48.7 Å². The van der Waals surface area contributed by atoms with Crippen LogP contribution < -0.4 is 5.32 Å². The smallest absolute Gasteiger partial charge is 0.333 e. The van der Waals surface area contributed by atoms with E-state index < -0.39 is 36.4 Å². The Morgan fingerprint density at radius 3 is 2.49 bits per heavy atom. The van der Waals surface area contributed by atoms with E-state index in [2.05, 4.69) is 15.2 Å². The number of hydrogen-bond acceptors (Lipinski definition) is 8. The molecule has 232 valence electrons. The monoisotopic (exact) mass is 602 g/mol. The fraction of sp³-hybridized carbons (Fsp3) is 0.448. The number of carbonyl (C=O) groups excluding carboxylic acids is 2. The predicted molar refractivity (Wildman–Crippen MR) is 152 cm³/mol. The molecule has 2 atom stereocenters. The summed E-state index contributed by atoms with van der Waals surface area (Å²) < 4.78 is 19.2. The summed E-state index contributed by atoms with van der Waals surface area (Å²) in [6.45, 7) is 6.10. The van der Waals surface area contributed by atoms with Gasteiger partial charge in [-0.1, -0.05) is 0 Å². The van der Waals surface area contributed by atoms with Crippen molar-refractivity contribution in [1.82, 2.24) is 14.8 Å². The highest BCUT2D eigenvalue weighted by Gasteiger charge is 2.30. The average molecular weight is 603 g/mol. The van der Waals surface area contributed by atoms with Crippen molar-refractivity contribution in [1.29, 1.82) is 0 Å². The molecule has 3 aliphatic rings. The number of hydrogen-bond donors (Lipinski definition) is 6. The third-order valence-electron chi connectivity index (χ3n) is 7.43. The molecule has 2 amide bonds. The third-order valence-corrected chi connectivity index (χ3v) is 7.43. The SMILES string of the molecule is Cc1c(C=C2C(=O)Nc3ccc(F)cc32)[nH]c2c1C(=O)N(C[C@H](O)CN1CCOCC1)CCC2.O=C(O)CC(O)C(=O)O. The number of H-pyrrole nitrogens is 1. The summed E-state index contributed by atoms with van der Waals surface area (Å²) in [7, 11) is 0. The van der Waals surface area contributed by atoms with Crippen LogP contribution in [0.15, 0.2) is 18.2 Å². The Morgan fingerprint density at radius 2 is 1.84 bits per heavy atom. The molecule has 1 aromatic heterocycles. The average Bonchev–Trinajstić information content (AvgIpc) is 3.37. The molecule has 0 bridgehead atoms. The number of nitrogens with zero attached hydrogens (tertiary/aromatic N) is 2. The van der Waals surface area contributed by atoms with Crippen molar-refractivity contribution in [3.8, 4) is 0 Å². The number of nitrogens with one attached hydrogen (secondary N) is 2. The number of β-amino-alcohol motifs (C(OH)–C–C–N with tert-alkyl or cyclic N) is 1. The molecule has 1 fully saturated rings. The second-order valence-corrected chi connectivity index (χ2v) is 10.6. The number of anilines is 1. The van der Waals surface area contributed by atoms with Gasteiger partial charge < -0.3 is 40.4 Å². The summed E-state index contributed by atoms with van der Waals surface area (Å²) in [5.41, 5.74) is 4.28. The molecular formula is C29H35FN4O9. The summed E-state index contributed by atoms with van der Waals surface area (Å²) in [4.78, 5) is 52.6. The van der Waals surface area contributed by atoms with Crippen LogP contribution in [0.2, 0.25) is 0 Å². The van der Waals surface area contributed by atoms with Crippen LogP contribution in [0, 0.1) is 12.7 Å². The minimum atomic E-state index is -1.79. The predicted octanol–water partition coefficient (Wildman–Crippen LogP) is 0.943. The van der Waals surface area contributed by atoms with Crippen LogP contribution in [0.1, 0.15) is 45.7 Å². The molecule has 4 heterocycles. The third kappa shape index (κ3) is 7.84. The minimum Gasteiger partial charge on any atom is -0.481 e. The van der Waals surface area contributed by atoms with Crippen molar-refractivity contribution in [2.75, 3.05) is 51.3 Å². The quantitative estimate of drug-likeness (QED) is 0.237. The van der Waals surface area contributed by atoms with E-state index in [0.29, 0.717) is 60.8 Å². The number of rotatable bonds is 8. The number of amides is 2. The number of fused-ring (bicyclic) bond motifs is 2. The second kappa shape index (κ2) is 13.9. The van der Waals surface area contributed by atoms with E-state index in [1.54, 1.807) is 17.0 Å². The van der Waals surface area contributed by atoms with Crippen LogP contribution in [-0.2, 0) is 25.5 Å². The van der Waals surface area contributed by atoms with Crippen LogP contribution in [0.3, 0.4) is 0 Å². The molecule has 2 aromatic rings. The van der Waals surface area contributed by atoms with E-state index in [0.717, 1.165) is 30.8 Å². The first-order chi connectivity index (χ1) is 20.4. The van der Waals surface area contributed by atoms with E-state index in [4.69, 9.17) is 20.1 Å². The first-order valence-electron chi connectivity index (χ1n) is 13.9. The maximum absolute atomic E-state index is 13.8. The number of aromatic amines is 1. The molecular weight excluding hydrogens is 567 g/mol. The van der Waals surface area contributed by atoms with Gasteiger partial charge in [-0.15, -0.1) is 0 Å². The number of aromatic nitrogens is 1.